The second-order valence-corrected chi connectivity index (χ2v) is 10.1. The molecule has 0 unspecified atom stereocenters. The van der Waals surface area contributed by atoms with Gasteiger partial charge in [0.1, 0.15) is 5.69 Å². The fourth-order valence-electron chi connectivity index (χ4n) is 3.23. The number of pyridine rings is 1. The number of ketones is 1. The number of carbonyl (C=O) groups is 2. The molecular formula is C23H18Cl2F3N3O4S. The van der Waals surface area contributed by atoms with Crippen molar-refractivity contribution in [2.45, 2.75) is 24.4 Å². The number of rotatable bonds is 7. The molecule has 0 aliphatic heterocycles. The summed E-state index contributed by atoms with van der Waals surface area (Å²) in [4.78, 5) is 28.2. The summed E-state index contributed by atoms with van der Waals surface area (Å²) in [5, 5.41) is 2.43. The maximum Gasteiger partial charge on any atom is 0.416 e. The molecule has 0 atom stereocenters. The lowest BCUT2D eigenvalue weighted by Gasteiger charge is -2.15. The standard InChI is InChI=1S/C23H18Cl2F3N3O4S/c1-12-3-5-15(10-17(12)23(26,27)28)36(34,35)31-19-9-14(24)11-30-21(19)22(33)16-7-13(4-6-18(16)25)8-20(32)29-2/h3-7,9-11,31H,8H2,1-2H3,(H,29,32). The zero-order valence-electron chi connectivity index (χ0n) is 18.7. The van der Waals surface area contributed by atoms with Crippen LogP contribution in [0.25, 0.3) is 0 Å². The predicted molar refractivity (Wildman–Crippen MR) is 129 cm³/mol. The van der Waals surface area contributed by atoms with Crippen LogP contribution in [-0.4, -0.2) is 32.1 Å². The van der Waals surface area contributed by atoms with Gasteiger partial charge in [-0.25, -0.2) is 13.4 Å². The summed E-state index contributed by atoms with van der Waals surface area (Å²) in [6.45, 7) is 1.20. The van der Waals surface area contributed by atoms with Crippen LogP contribution in [0.2, 0.25) is 10.0 Å². The Labute approximate surface area is 214 Å². The first-order valence-corrected chi connectivity index (χ1v) is 12.4. The molecule has 1 amide bonds. The van der Waals surface area contributed by atoms with E-state index in [0.717, 1.165) is 24.4 Å². The number of aromatic nitrogens is 1. The Morgan fingerprint density at radius 1 is 1.06 bits per heavy atom. The van der Waals surface area contributed by atoms with E-state index in [4.69, 9.17) is 23.2 Å². The lowest BCUT2D eigenvalue weighted by atomic mass is 10.0. The van der Waals surface area contributed by atoms with Crippen molar-refractivity contribution in [2.24, 2.45) is 0 Å². The third-order valence-electron chi connectivity index (χ3n) is 5.06. The molecule has 190 valence electrons. The smallest absolute Gasteiger partial charge is 0.359 e. The Bertz CT molecular complexity index is 1460. The van der Waals surface area contributed by atoms with Gasteiger partial charge in [-0.15, -0.1) is 0 Å². The summed E-state index contributed by atoms with van der Waals surface area (Å²) in [6, 6.07) is 7.93. The second-order valence-electron chi connectivity index (χ2n) is 7.62. The van der Waals surface area contributed by atoms with E-state index >= 15 is 0 Å². The van der Waals surface area contributed by atoms with Crippen LogP contribution in [0.4, 0.5) is 18.9 Å². The summed E-state index contributed by atoms with van der Waals surface area (Å²) in [7, 11) is -3.14. The molecule has 7 nitrogen and oxygen atoms in total. The third-order valence-corrected chi connectivity index (χ3v) is 6.96. The van der Waals surface area contributed by atoms with Gasteiger partial charge < -0.3 is 5.32 Å². The largest absolute Gasteiger partial charge is 0.416 e. The molecule has 2 aromatic carbocycles. The number of nitrogens with one attached hydrogen (secondary N) is 2. The molecule has 2 N–H and O–H groups in total. The number of benzene rings is 2. The van der Waals surface area contributed by atoms with Gasteiger partial charge in [-0.1, -0.05) is 35.3 Å². The molecule has 13 heteroatoms. The highest BCUT2D eigenvalue weighted by Gasteiger charge is 2.34. The minimum Gasteiger partial charge on any atom is -0.359 e. The van der Waals surface area contributed by atoms with Crippen LogP contribution in [0.3, 0.4) is 0 Å². The topological polar surface area (TPSA) is 105 Å². The van der Waals surface area contributed by atoms with E-state index in [0.29, 0.717) is 11.6 Å². The number of amides is 1. The van der Waals surface area contributed by atoms with Crippen LogP contribution in [0.1, 0.15) is 32.7 Å². The summed E-state index contributed by atoms with van der Waals surface area (Å²) in [5.41, 5.74) is -1.65. The van der Waals surface area contributed by atoms with E-state index in [9.17, 15) is 31.2 Å². The van der Waals surface area contributed by atoms with Gasteiger partial charge in [-0.05, 0) is 48.4 Å². The highest BCUT2D eigenvalue weighted by molar-refractivity contribution is 7.92. The molecule has 0 aliphatic rings. The van der Waals surface area contributed by atoms with E-state index in [1.807, 2.05) is 0 Å². The first-order chi connectivity index (χ1) is 16.7. The quantitative estimate of drug-likeness (QED) is 0.395. The molecule has 3 rings (SSSR count). The molecule has 1 aromatic heterocycles. The van der Waals surface area contributed by atoms with E-state index in [2.05, 4.69) is 15.0 Å². The molecule has 3 aromatic rings. The van der Waals surface area contributed by atoms with Gasteiger partial charge >= 0.3 is 6.18 Å². The fraction of sp³-hybridized carbons (Fsp3) is 0.174. The number of aryl methyl sites for hydroxylation is 1. The van der Waals surface area contributed by atoms with Gasteiger partial charge in [0.25, 0.3) is 10.0 Å². The van der Waals surface area contributed by atoms with Crippen molar-refractivity contribution >= 4 is 50.6 Å². The fourth-order valence-corrected chi connectivity index (χ4v) is 4.68. The number of hydrogen-bond donors (Lipinski definition) is 2. The number of carbonyl (C=O) groups excluding carboxylic acids is 2. The number of sulfonamides is 1. The van der Waals surface area contributed by atoms with E-state index in [1.54, 1.807) is 6.07 Å². The second kappa shape index (κ2) is 10.5. The number of nitrogens with zero attached hydrogens (tertiary/aromatic N) is 1. The van der Waals surface area contributed by atoms with Gasteiger partial charge in [-0.2, -0.15) is 13.2 Å². The Hall–Kier alpha value is -3.15. The maximum absolute atomic E-state index is 13.3. The van der Waals surface area contributed by atoms with Crippen molar-refractivity contribution in [3.63, 3.8) is 0 Å². The summed E-state index contributed by atoms with van der Waals surface area (Å²) < 4.78 is 67.9. The lowest BCUT2D eigenvalue weighted by Crippen LogP contribution is -2.20. The lowest BCUT2D eigenvalue weighted by molar-refractivity contribution is -0.138. The molecule has 0 radical (unpaired) electrons. The minimum absolute atomic E-state index is 0.0135. The summed E-state index contributed by atoms with van der Waals surface area (Å²) in [5.74, 6) is -1.11. The Morgan fingerprint density at radius 3 is 2.39 bits per heavy atom. The molecule has 0 aliphatic carbocycles. The average molecular weight is 560 g/mol. The average Bonchev–Trinajstić information content (AvgIpc) is 2.79. The number of likely N-dealkylation sites (N-methyl/N-ethyl adjacent to an activating group) is 1. The zero-order chi connectivity index (χ0) is 26.8. The van der Waals surface area contributed by atoms with E-state index < -0.39 is 38.1 Å². The van der Waals surface area contributed by atoms with Crippen LogP contribution in [0, 0.1) is 6.92 Å². The summed E-state index contributed by atoms with van der Waals surface area (Å²) in [6.07, 6.45) is -3.72. The highest BCUT2D eigenvalue weighted by Crippen LogP contribution is 2.34. The van der Waals surface area contributed by atoms with E-state index in [-0.39, 0.29) is 39.2 Å². The van der Waals surface area contributed by atoms with Crippen LogP contribution < -0.4 is 10.0 Å². The predicted octanol–water partition coefficient (Wildman–Crippen LogP) is 5.04. The van der Waals surface area contributed by atoms with Crippen molar-refractivity contribution in [1.82, 2.24) is 10.3 Å². The first kappa shape index (κ1) is 27.4. The van der Waals surface area contributed by atoms with E-state index in [1.165, 1.54) is 26.1 Å². The van der Waals surface area contributed by atoms with Crippen molar-refractivity contribution in [3.8, 4) is 0 Å². The molecule has 0 saturated heterocycles. The number of anilines is 1. The van der Waals surface area contributed by atoms with Gasteiger partial charge in [0.05, 0.1) is 32.6 Å². The molecule has 0 spiro atoms. The monoisotopic (exact) mass is 559 g/mol. The van der Waals surface area contributed by atoms with Gasteiger partial charge in [0.2, 0.25) is 11.7 Å². The van der Waals surface area contributed by atoms with Crippen molar-refractivity contribution < 1.29 is 31.2 Å². The number of hydrogen-bond acceptors (Lipinski definition) is 5. The Balaban J connectivity index is 2.04. The number of alkyl halides is 3. The molecular weight excluding hydrogens is 542 g/mol. The third kappa shape index (κ3) is 6.15. The Kier molecular flexibility index (Phi) is 7.97. The van der Waals surface area contributed by atoms with Gasteiger partial charge in [0.15, 0.2) is 0 Å². The van der Waals surface area contributed by atoms with Crippen LogP contribution in [-0.2, 0) is 27.4 Å². The molecule has 0 bridgehead atoms. The maximum atomic E-state index is 13.3. The van der Waals surface area contributed by atoms with Crippen molar-refractivity contribution in [3.05, 3.63) is 86.7 Å². The minimum atomic E-state index is -4.77. The van der Waals surface area contributed by atoms with Crippen LogP contribution >= 0.6 is 23.2 Å². The van der Waals surface area contributed by atoms with Gasteiger partial charge in [0, 0.05) is 18.8 Å². The molecule has 0 fully saturated rings. The molecule has 0 saturated carbocycles. The SMILES string of the molecule is CNC(=O)Cc1ccc(Cl)c(C(=O)c2ncc(Cl)cc2NS(=O)(=O)c2ccc(C)c(C(F)(F)F)c2)c1. The number of halogens is 5. The highest BCUT2D eigenvalue weighted by atomic mass is 35.5. The normalized spacial score (nSPS) is 11.8. The van der Waals surface area contributed by atoms with Gasteiger partial charge in [-0.3, -0.25) is 14.3 Å². The first-order valence-electron chi connectivity index (χ1n) is 10.1. The van der Waals surface area contributed by atoms with Crippen LogP contribution in [0.5, 0.6) is 0 Å². The Morgan fingerprint density at radius 2 is 1.75 bits per heavy atom. The van der Waals surface area contributed by atoms with Crippen molar-refractivity contribution in [2.75, 3.05) is 11.8 Å². The zero-order valence-corrected chi connectivity index (χ0v) is 21.0. The molecule has 1 heterocycles. The van der Waals surface area contributed by atoms with Crippen LogP contribution in [0.15, 0.2) is 53.6 Å². The van der Waals surface area contributed by atoms with Crippen molar-refractivity contribution in [1.29, 1.82) is 0 Å². The molecule has 36 heavy (non-hydrogen) atoms. The summed E-state index contributed by atoms with van der Waals surface area (Å²) >= 11 is 12.1.